The van der Waals surface area contributed by atoms with Crippen molar-refractivity contribution in [3.05, 3.63) is 76.7 Å². The van der Waals surface area contributed by atoms with E-state index in [-0.39, 0.29) is 11.6 Å². The first-order valence-corrected chi connectivity index (χ1v) is 11.4. The van der Waals surface area contributed by atoms with E-state index < -0.39 is 21.7 Å². The molecule has 4 rings (SSSR count). The summed E-state index contributed by atoms with van der Waals surface area (Å²) in [4.78, 5) is 3.98. The minimum atomic E-state index is -4.06. The number of hydrogen-bond acceptors (Lipinski definition) is 4. The Morgan fingerprint density at radius 2 is 1.93 bits per heavy atom. The van der Waals surface area contributed by atoms with Gasteiger partial charge in [0.15, 0.2) is 16.7 Å². The molecule has 0 aliphatic heterocycles. The Bertz CT molecular complexity index is 1320. The van der Waals surface area contributed by atoms with Crippen LogP contribution in [-0.2, 0) is 23.6 Å². The first-order valence-electron chi connectivity index (χ1n) is 8.39. The van der Waals surface area contributed by atoms with Crippen molar-refractivity contribution in [1.82, 2.24) is 9.55 Å². The van der Waals surface area contributed by atoms with Crippen molar-refractivity contribution >= 4 is 52.4 Å². The summed E-state index contributed by atoms with van der Waals surface area (Å²) in [6, 6.07) is 10.8. The van der Waals surface area contributed by atoms with E-state index in [1.807, 2.05) is 24.3 Å². The predicted molar refractivity (Wildman–Crippen MR) is 112 cm³/mol. The van der Waals surface area contributed by atoms with Gasteiger partial charge in [0, 0.05) is 23.3 Å². The van der Waals surface area contributed by atoms with Crippen LogP contribution in [0.5, 0.6) is 0 Å². The van der Waals surface area contributed by atoms with Crippen molar-refractivity contribution in [1.29, 1.82) is 0 Å². The highest BCUT2D eigenvalue weighted by Crippen LogP contribution is 2.44. The first kappa shape index (κ1) is 20.0. The lowest BCUT2D eigenvalue weighted by atomic mass is 10.2. The number of halogens is 3. The van der Waals surface area contributed by atoms with Gasteiger partial charge < -0.3 is 4.57 Å². The monoisotopic (exact) mass is 497 g/mol. The fourth-order valence-electron chi connectivity index (χ4n) is 2.87. The van der Waals surface area contributed by atoms with Crippen LogP contribution in [0.4, 0.5) is 13.8 Å². The lowest BCUT2D eigenvalue weighted by Crippen LogP contribution is -2.30. The third-order valence-electron chi connectivity index (χ3n) is 4.29. The van der Waals surface area contributed by atoms with Crippen LogP contribution in [0, 0.1) is 11.6 Å². The van der Waals surface area contributed by atoms with Crippen molar-refractivity contribution in [2.24, 2.45) is 7.05 Å². The third kappa shape index (κ3) is 3.67. The highest BCUT2D eigenvalue weighted by molar-refractivity contribution is 9.10. The number of aryl methyl sites for hydroxylation is 1. The van der Waals surface area contributed by atoms with Gasteiger partial charge in [-0.25, -0.2) is 13.8 Å². The van der Waals surface area contributed by atoms with Crippen LogP contribution in [0.2, 0.25) is 0 Å². The highest BCUT2D eigenvalue weighted by atomic mass is 79.9. The summed E-state index contributed by atoms with van der Waals surface area (Å²) in [5, 5.41) is 1.16. The Balaban J connectivity index is 1.88. The van der Waals surface area contributed by atoms with E-state index in [9.17, 15) is 17.2 Å². The molecule has 0 spiro atoms. The maximum atomic E-state index is 13.7. The highest BCUT2D eigenvalue weighted by Gasteiger charge is 2.31. The molecule has 0 saturated heterocycles. The number of fused-ring (bicyclic) bond motifs is 1. The van der Waals surface area contributed by atoms with Crippen LogP contribution >= 0.6 is 27.3 Å². The Morgan fingerprint density at radius 1 is 1.17 bits per heavy atom. The average Bonchev–Trinajstić information content (AvgIpc) is 3.27. The molecule has 0 bridgehead atoms. The van der Waals surface area contributed by atoms with Crippen molar-refractivity contribution < 1.29 is 17.2 Å². The smallest absolute Gasteiger partial charge is 0.284 e. The molecule has 10 heteroatoms. The zero-order chi connectivity index (χ0) is 20.8. The summed E-state index contributed by atoms with van der Waals surface area (Å²) < 4.78 is 58.1. The minimum absolute atomic E-state index is 0.132. The third-order valence-corrected chi connectivity index (χ3v) is 8.30. The lowest BCUT2D eigenvalue weighted by molar-refractivity contribution is 0.507. The molecular weight excluding hydrogens is 484 g/mol. The van der Waals surface area contributed by atoms with E-state index in [4.69, 9.17) is 0 Å². The molecule has 0 atom stereocenters. The summed E-state index contributed by atoms with van der Waals surface area (Å²) in [5.41, 5.74) is 0.313. The standard InChI is InChI=1S/C19H14BrF2N3O2S2/c1-24-10-17(23-11-24)29(26,27)25(9-12-6-7-14(21)15(22)8-12)19-18(20)13-4-2-3-5-16(13)28-19/h2-8,10-11H,9H2,1H3. The number of benzene rings is 2. The van der Waals surface area contributed by atoms with Crippen LogP contribution in [0.15, 0.2) is 64.5 Å². The average molecular weight is 498 g/mol. The van der Waals surface area contributed by atoms with E-state index >= 15 is 0 Å². The minimum Gasteiger partial charge on any atom is -0.339 e. The zero-order valence-corrected chi connectivity index (χ0v) is 18.2. The number of aromatic nitrogens is 2. The molecule has 150 valence electrons. The second kappa shape index (κ2) is 7.51. The molecule has 2 aromatic carbocycles. The van der Waals surface area contributed by atoms with Crippen LogP contribution in [0.3, 0.4) is 0 Å². The normalized spacial score (nSPS) is 11.9. The Morgan fingerprint density at radius 3 is 2.59 bits per heavy atom. The second-order valence-corrected chi connectivity index (χ2v) is 9.99. The van der Waals surface area contributed by atoms with Crippen molar-refractivity contribution in [2.75, 3.05) is 4.31 Å². The summed E-state index contributed by atoms with van der Waals surface area (Å²) in [6.07, 6.45) is 2.79. The van der Waals surface area contributed by atoms with Crippen molar-refractivity contribution in [2.45, 2.75) is 11.6 Å². The summed E-state index contributed by atoms with van der Waals surface area (Å²) in [7, 11) is -2.39. The molecule has 0 fully saturated rings. The number of sulfonamides is 1. The van der Waals surface area contributed by atoms with Crippen molar-refractivity contribution in [3.63, 3.8) is 0 Å². The quantitative estimate of drug-likeness (QED) is 0.386. The van der Waals surface area contributed by atoms with Gasteiger partial charge in [0.05, 0.1) is 17.3 Å². The van der Waals surface area contributed by atoms with E-state index in [1.54, 1.807) is 7.05 Å². The van der Waals surface area contributed by atoms with E-state index in [0.29, 0.717) is 15.0 Å². The number of rotatable bonds is 5. The summed E-state index contributed by atoms with van der Waals surface area (Å²) in [6.45, 7) is -0.179. The number of thiophene rings is 1. The van der Waals surface area contributed by atoms with Gasteiger partial charge >= 0.3 is 0 Å². The Hall–Kier alpha value is -2.30. The molecule has 0 radical (unpaired) electrons. The number of nitrogens with zero attached hydrogens (tertiary/aromatic N) is 3. The maximum absolute atomic E-state index is 13.7. The SMILES string of the molecule is Cn1cnc(S(=O)(=O)N(Cc2ccc(F)c(F)c2)c2sc3ccccc3c2Br)c1. The molecule has 0 saturated carbocycles. The van der Waals surface area contributed by atoms with Crippen LogP contribution in [0.1, 0.15) is 5.56 Å². The van der Waals surface area contributed by atoms with Gasteiger partial charge in [-0.15, -0.1) is 11.3 Å². The fourth-order valence-corrected chi connectivity index (χ4v) is 6.66. The van der Waals surface area contributed by atoms with Gasteiger partial charge in [-0.2, -0.15) is 8.42 Å². The summed E-state index contributed by atoms with van der Waals surface area (Å²) in [5.74, 6) is -2.02. The van der Waals surface area contributed by atoms with Gasteiger partial charge in [0.2, 0.25) is 0 Å². The molecular formula is C19H14BrF2N3O2S2. The topological polar surface area (TPSA) is 55.2 Å². The molecule has 5 nitrogen and oxygen atoms in total. The fraction of sp³-hybridized carbons (Fsp3) is 0.105. The first-order chi connectivity index (χ1) is 13.8. The molecule has 2 heterocycles. The second-order valence-electron chi connectivity index (χ2n) is 6.35. The largest absolute Gasteiger partial charge is 0.339 e. The van der Waals surface area contributed by atoms with E-state index in [1.165, 1.54) is 34.5 Å². The van der Waals surface area contributed by atoms with Gasteiger partial charge in [-0.3, -0.25) is 4.31 Å². The number of imidazole rings is 1. The Labute approximate surface area is 178 Å². The Kier molecular flexibility index (Phi) is 5.18. The van der Waals surface area contributed by atoms with Crippen LogP contribution in [-0.4, -0.2) is 18.0 Å². The molecule has 0 aliphatic carbocycles. The van der Waals surface area contributed by atoms with Gasteiger partial charge in [-0.1, -0.05) is 24.3 Å². The predicted octanol–water partition coefficient (Wildman–Crippen LogP) is 5.07. The summed E-state index contributed by atoms with van der Waals surface area (Å²) >= 11 is 4.79. The van der Waals surface area contributed by atoms with Gasteiger partial charge in [-0.05, 0) is 39.7 Å². The van der Waals surface area contributed by atoms with Crippen LogP contribution in [0.25, 0.3) is 10.1 Å². The molecule has 4 aromatic rings. The lowest BCUT2D eigenvalue weighted by Gasteiger charge is -2.22. The molecule has 0 N–H and O–H groups in total. The molecule has 2 aromatic heterocycles. The molecule has 29 heavy (non-hydrogen) atoms. The van der Waals surface area contributed by atoms with Crippen LogP contribution < -0.4 is 4.31 Å². The van der Waals surface area contributed by atoms with Crippen molar-refractivity contribution in [3.8, 4) is 0 Å². The number of hydrogen-bond donors (Lipinski definition) is 0. The molecule has 0 amide bonds. The molecule has 0 aliphatic rings. The molecule has 0 unspecified atom stereocenters. The zero-order valence-electron chi connectivity index (χ0n) is 15.0. The van der Waals surface area contributed by atoms with E-state index in [0.717, 1.165) is 26.5 Å². The van der Waals surface area contributed by atoms with E-state index in [2.05, 4.69) is 20.9 Å². The van der Waals surface area contributed by atoms with Gasteiger partial charge in [0.25, 0.3) is 10.0 Å². The van der Waals surface area contributed by atoms with Gasteiger partial charge in [0.1, 0.15) is 5.00 Å². The number of anilines is 1. The maximum Gasteiger partial charge on any atom is 0.284 e.